The maximum atomic E-state index is 5.23. The summed E-state index contributed by atoms with van der Waals surface area (Å²) in [6.45, 7) is 2.13. The van der Waals surface area contributed by atoms with E-state index in [0.29, 0.717) is 0 Å². The van der Waals surface area contributed by atoms with Crippen LogP contribution < -0.4 is 10.1 Å². The predicted molar refractivity (Wildman–Crippen MR) is 91.8 cm³/mol. The van der Waals surface area contributed by atoms with Crippen LogP contribution >= 0.6 is 11.3 Å². The topological polar surface area (TPSA) is 52.0 Å². The summed E-state index contributed by atoms with van der Waals surface area (Å²) in [5, 5.41) is 9.85. The van der Waals surface area contributed by atoms with Gasteiger partial charge in [-0.2, -0.15) is 10.1 Å². The summed E-state index contributed by atoms with van der Waals surface area (Å²) < 4.78 is 7.15. The average molecular weight is 324 g/mol. The number of anilines is 1. The van der Waals surface area contributed by atoms with Crippen molar-refractivity contribution >= 4 is 23.0 Å². The van der Waals surface area contributed by atoms with Gasteiger partial charge in [0.25, 0.3) is 0 Å². The Morgan fingerprint density at radius 1 is 1.22 bits per heavy atom. The van der Waals surface area contributed by atoms with Crippen molar-refractivity contribution in [2.45, 2.75) is 13.0 Å². The minimum absolute atomic E-state index is 0.0610. The molecule has 1 aromatic carbocycles. The Balaban J connectivity index is 1.78. The number of allylic oxidation sites excluding steroid dienone is 1. The first-order valence-corrected chi connectivity index (χ1v) is 8.21. The molecule has 116 valence electrons. The lowest BCUT2D eigenvalue weighted by molar-refractivity contribution is 0.415. The largest absolute Gasteiger partial charge is 0.497 e. The number of aromatic nitrogens is 3. The molecule has 0 saturated heterocycles. The zero-order valence-corrected chi connectivity index (χ0v) is 13.7. The molecule has 0 aliphatic carbocycles. The van der Waals surface area contributed by atoms with Crippen LogP contribution in [0.2, 0.25) is 0 Å². The summed E-state index contributed by atoms with van der Waals surface area (Å²) in [7, 11) is 1.67. The molecule has 1 aliphatic rings. The molecule has 1 aliphatic heterocycles. The predicted octanol–water partition coefficient (Wildman–Crippen LogP) is 3.71. The molecule has 4 rings (SSSR count). The van der Waals surface area contributed by atoms with Gasteiger partial charge in [0, 0.05) is 10.6 Å². The quantitative estimate of drug-likeness (QED) is 0.798. The smallest absolute Gasteiger partial charge is 0.226 e. The molecule has 2 aromatic heterocycles. The van der Waals surface area contributed by atoms with Crippen molar-refractivity contribution in [2.24, 2.45) is 0 Å². The highest BCUT2D eigenvalue weighted by atomic mass is 32.1. The second kappa shape index (κ2) is 5.55. The molecule has 6 heteroatoms. The highest BCUT2D eigenvalue weighted by molar-refractivity contribution is 7.10. The van der Waals surface area contributed by atoms with Crippen LogP contribution in [-0.4, -0.2) is 21.9 Å². The van der Waals surface area contributed by atoms with Gasteiger partial charge in [0.2, 0.25) is 5.95 Å². The molecule has 0 radical (unpaired) electrons. The van der Waals surface area contributed by atoms with E-state index in [0.717, 1.165) is 23.0 Å². The molecule has 0 fully saturated rings. The molecule has 0 amide bonds. The number of rotatable bonds is 3. The Bertz CT molecular complexity index is 863. The standard InChI is InChI=1S/C17H16N4OS/c1-11-7-8-23-16(11)15-9-14(20-17-18-10-19-21(15)17)12-3-5-13(22-2)6-4-12/h3-10,15H,1-2H3,(H,18,19,20). The molecule has 1 unspecified atom stereocenters. The fraction of sp³-hybridized carbons (Fsp3) is 0.176. The molecular weight excluding hydrogens is 308 g/mol. The van der Waals surface area contributed by atoms with Crippen molar-refractivity contribution in [1.29, 1.82) is 0 Å². The van der Waals surface area contributed by atoms with E-state index < -0.39 is 0 Å². The number of hydrogen-bond donors (Lipinski definition) is 1. The van der Waals surface area contributed by atoms with Crippen molar-refractivity contribution in [1.82, 2.24) is 14.8 Å². The highest BCUT2D eigenvalue weighted by Gasteiger charge is 2.25. The van der Waals surface area contributed by atoms with Gasteiger partial charge < -0.3 is 10.1 Å². The Morgan fingerprint density at radius 2 is 2.04 bits per heavy atom. The third-order valence-corrected chi connectivity index (χ3v) is 5.07. The van der Waals surface area contributed by atoms with Gasteiger partial charge in [0.05, 0.1) is 7.11 Å². The van der Waals surface area contributed by atoms with E-state index in [-0.39, 0.29) is 6.04 Å². The van der Waals surface area contributed by atoms with Gasteiger partial charge in [-0.05, 0) is 59.8 Å². The first-order chi connectivity index (χ1) is 11.3. The summed E-state index contributed by atoms with van der Waals surface area (Å²) >= 11 is 1.75. The molecule has 0 saturated carbocycles. The third kappa shape index (κ3) is 2.41. The van der Waals surface area contributed by atoms with E-state index in [2.05, 4.69) is 39.8 Å². The van der Waals surface area contributed by atoms with E-state index in [9.17, 15) is 0 Å². The fourth-order valence-electron chi connectivity index (χ4n) is 2.75. The monoisotopic (exact) mass is 324 g/mol. The van der Waals surface area contributed by atoms with Crippen molar-refractivity contribution in [3.63, 3.8) is 0 Å². The molecule has 0 spiro atoms. The van der Waals surface area contributed by atoms with Crippen LogP contribution in [0.3, 0.4) is 0 Å². The Morgan fingerprint density at radius 3 is 2.74 bits per heavy atom. The van der Waals surface area contributed by atoms with E-state index in [1.54, 1.807) is 24.8 Å². The summed E-state index contributed by atoms with van der Waals surface area (Å²) in [5.41, 5.74) is 3.40. The summed E-state index contributed by atoms with van der Waals surface area (Å²) in [6, 6.07) is 10.2. The van der Waals surface area contributed by atoms with E-state index in [1.165, 1.54) is 10.4 Å². The lowest BCUT2D eigenvalue weighted by Crippen LogP contribution is -2.20. The highest BCUT2D eigenvalue weighted by Crippen LogP contribution is 2.35. The van der Waals surface area contributed by atoms with E-state index in [4.69, 9.17) is 4.74 Å². The molecule has 1 N–H and O–H groups in total. The van der Waals surface area contributed by atoms with Crippen LogP contribution in [0.25, 0.3) is 5.70 Å². The number of fused-ring (bicyclic) bond motifs is 1. The van der Waals surface area contributed by atoms with Crippen molar-refractivity contribution in [3.05, 3.63) is 64.1 Å². The average Bonchev–Trinajstić information content (AvgIpc) is 3.22. The van der Waals surface area contributed by atoms with Crippen LogP contribution in [0.5, 0.6) is 5.75 Å². The van der Waals surface area contributed by atoms with Crippen molar-refractivity contribution < 1.29 is 4.74 Å². The molecule has 1 atom stereocenters. The maximum Gasteiger partial charge on any atom is 0.226 e. The number of aryl methyl sites for hydroxylation is 1. The summed E-state index contributed by atoms with van der Waals surface area (Å²) in [6.07, 6.45) is 3.78. The van der Waals surface area contributed by atoms with Gasteiger partial charge in [0.1, 0.15) is 18.1 Å². The molecule has 3 heterocycles. The Labute approximate surface area is 138 Å². The number of methoxy groups -OCH3 is 1. The number of thiophene rings is 1. The third-order valence-electron chi connectivity index (χ3n) is 3.98. The second-order valence-electron chi connectivity index (χ2n) is 5.37. The van der Waals surface area contributed by atoms with Gasteiger partial charge in [0.15, 0.2) is 0 Å². The maximum absolute atomic E-state index is 5.23. The zero-order chi connectivity index (χ0) is 15.8. The molecular formula is C17H16N4OS. The fourth-order valence-corrected chi connectivity index (χ4v) is 3.73. The SMILES string of the molecule is COc1ccc(C2=CC(c3sccc3C)n3ncnc3N2)cc1. The lowest BCUT2D eigenvalue weighted by Gasteiger charge is -2.24. The number of hydrogen-bond acceptors (Lipinski definition) is 5. The molecule has 23 heavy (non-hydrogen) atoms. The molecule has 5 nitrogen and oxygen atoms in total. The number of ether oxygens (including phenoxy) is 1. The molecule has 3 aromatic rings. The Hall–Kier alpha value is -2.60. The minimum atomic E-state index is 0.0610. The Kier molecular flexibility index (Phi) is 3.38. The normalized spacial score (nSPS) is 16.4. The first kappa shape index (κ1) is 14.0. The van der Waals surface area contributed by atoms with Gasteiger partial charge in [-0.1, -0.05) is 0 Å². The number of benzene rings is 1. The lowest BCUT2D eigenvalue weighted by atomic mass is 10.1. The number of nitrogens with zero attached hydrogens (tertiary/aromatic N) is 3. The van der Waals surface area contributed by atoms with E-state index >= 15 is 0 Å². The molecule has 0 bridgehead atoms. The van der Waals surface area contributed by atoms with Crippen LogP contribution in [0.1, 0.15) is 22.0 Å². The van der Waals surface area contributed by atoms with Crippen LogP contribution in [0.4, 0.5) is 5.95 Å². The van der Waals surface area contributed by atoms with Gasteiger partial charge in [-0.3, -0.25) is 0 Å². The minimum Gasteiger partial charge on any atom is -0.497 e. The summed E-state index contributed by atoms with van der Waals surface area (Å²) in [5.74, 6) is 1.61. The van der Waals surface area contributed by atoms with Gasteiger partial charge >= 0.3 is 0 Å². The first-order valence-electron chi connectivity index (χ1n) is 7.33. The van der Waals surface area contributed by atoms with Gasteiger partial charge in [-0.15, -0.1) is 11.3 Å². The van der Waals surface area contributed by atoms with Crippen LogP contribution in [0, 0.1) is 6.92 Å². The summed E-state index contributed by atoms with van der Waals surface area (Å²) in [4.78, 5) is 5.62. The zero-order valence-electron chi connectivity index (χ0n) is 12.9. The van der Waals surface area contributed by atoms with Gasteiger partial charge in [-0.25, -0.2) is 4.68 Å². The van der Waals surface area contributed by atoms with Crippen LogP contribution in [0.15, 0.2) is 48.1 Å². The number of nitrogens with one attached hydrogen (secondary N) is 1. The second-order valence-corrected chi connectivity index (χ2v) is 6.32. The van der Waals surface area contributed by atoms with Crippen molar-refractivity contribution in [2.75, 3.05) is 12.4 Å². The van der Waals surface area contributed by atoms with Crippen molar-refractivity contribution in [3.8, 4) is 5.75 Å². The van der Waals surface area contributed by atoms with E-state index in [1.807, 2.05) is 28.9 Å². The van der Waals surface area contributed by atoms with Crippen LogP contribution in [-0.2, 0) is 0 Å².